The van der Waals surface area contributed by atoms with Crippen molar-refractivity contribution in [2.75, 3.05) is 6.54 Å². The van der Waals surface area contributed by atoms with Crippen LogP contribution in [-0.4, -0.2) is 12.5 Å². The van der Waals surface area contributed by atoms with Crippen LogP contribution in [0.5, 0.6) is 0 Å². The summed E-state index contributed by atoms with van der Waals surface area (Å²) in [7, 11) is 0. The third kappa shape index (κ3) is 3.35. The van der Waals surface area contributed by atoms with Gasteiger partial charge in [-0.2, -0.15) is 5.26 Å². The zero-order valence-electron chi connectivity index (χ0n) is 9.83. The molecule has 1 N–H and O–H groups in total. The fourth-order valence-electron chi connectivity index (χ4n) is 1.12. The number of nitriles is 1. The maximum Gasteiger partial charge on any atom is 0.261 e. The van der Waals surface area contributed by atoms with Gasteiger partial charge in [0.1, 0.15) is 0 Å². The van der Waals surface area contributed by atoms with Crippen LogP contribution >= 0.6 is 11.3 Å². The molecule has 0 spiro atoms. The van der Waals surface area contributed by atoms with Crippen molar-refractivity contribution in [2.45, 2.75) is 27.2 Å². The minimum absolute atomic E-state index is 0.0898. The van der Waals surface area contributed by atoms with Crippen molar-refractivity contribution in [3.05, 3.63) is 21.9 Å². The van der Waals surface area contributed by atoms with E-state index in [1.807, 2.05) is 12.1 Å². The van der Waals surface area contributed by atoms with Crippen molar-refractivity contribution < 1.29 is 4.79 Å². The van der Waals surface area contributed by atoms with E-state index >= 15 is 0 Å². The largest absolute Gasteiger partial charge is 0.350 e. The van der Waals surface area contributed by atoms with Crippen LogP contribution < -0.4 is 5.32 Å². The number of rotatable bonds is 4. The minimum Gasteiger partial charge on any atom is -0.350 e. The lowest BCUT2D eigenvalue weighted by atomic mass is 9.96. The molecule has 0 aromatic carbocycles. The molecule has 1 aromatic heterocycles. The number of hydrogen-bond acceptors (Lipinski definition) is 3. The average molecular weight is 236 g/mol. The molecule has 86 valence electrons. The van der Waals surface area contributed by atoms with Crippen molar-refractivity contribution in [2.24, 2.45) is 5.41 Å². The first-order valence-corrected chi connectivity index (χ1v) is 6.08. The first kappa shape index (κ1) is 12.7. The topological polar surface area (TPSA) is 52.9 Å². The summed E-state index contributed by atoms with van der Waals surface area (Å²) in [6, 6.07) is 5.95. The molecule has 1 amide bonds. The second-order valence-electron chi connectivity index (χ2n) is 4.30. The fourth-order valence-corrected chi connectivity index (χ4v) is 1.98. The predicted octanol–water partition coefficient (Wildman–Crippen LogP) is 2.59. The summed E-state index contributed by atoms with van der Waals surface area (Å²) in [6.45, 7) is 6.05. The highest BCUT2D eigenvalue weighted by Crippen LogP contribution is 2.17. The molecule has 0 saturated carbocycles. The molecule has 0 aliphatic rings. The monoisotopic (exact) mass is 236 g/mol. The third-order valence-electron chi connectivity index (χ3n) is 2.23. The Morgan fingerprint density at radius 1 is 1.56 bits per heavy atom. The molecule has 0 atom stereocenters. The van der Waals surface area contributed by atoms with Crippen LogP contribution in [0.2, 0.25) is 0 Å². The highest BCUT2D eigenvalue weighted by molar-refractivity contribution is 7.14. The van der Waals surface area contributed by atoms with Crippen LogP contribution in [0.25, 0.3) is 0 Å². The number of thiophene rings is 1. The first-order valence-electron chi connectivity index (χ1n) is 5.26. The van der Waals surface area contributed by atoms with Gasteiger partial charge in [0.25, 0.3) is 5.91 Å². The molecule has 0 radical (unpaired) electrons. The van der Waals surface area contributed by atoms with Crippen LogP contribution in [0.4, 0.5) is 0 Å². The fraction of sp³-hybridized carbons (Fsp3) is 0.500. The number of nitrogens with one attached hydrogen (secondary N) is 1. The van der Waals surface area contributed by atoms with Gasteiger partial charge in [0.05, 0.1) is 16.4 Å². The van der Waals surface area contributed by atoms with Gasteiger partial charge in [0, 0.05) is 11.4 Å². The molecule has 0 aliphatic carbocycles. The smallest absolute Gasteiger partial charge is 0.261 e. The van der Waals surface area contributed by atoms with E-state index < -0.39 is 5.41 Å². The molecule has 0 saturated heterocycles. The van der Waals surface area contributed by atoms with E-state index in [2.05, 4.69) is 18.3 Å². The van der Waals surface area contributed by atoms with Crippen LogP contribution in [0.1, 0.15) is 35.3 Å². The molecule has 0 fully saturated rings. The summed E-state index contributed by atoms with van der Waals surface area (Å²) >= 11 is 1.50. The highest BCUT2D eigenvalue weighted by atomic mass is 32.1. The Labute approximate surface area is 100 Å². The molecule has 1 heterocycles. The Hall–Kier alpha value is -1.34. The quantitative estimate of drug-likeness (QED) is 0.873. The first-order chi connectivity index (χ1) is 7.48. The zero-order chi connectivity index (χ0) is 12.2. The maximum atomic E-state index is 11.7. The van der Waals surface area contributed by atoms with Crippen molar-refractivity contribution in [1.29, 1.82) is 5.26 Å². The lowest BCUT2D eigenvalue weighted by Crippen LogP contribution is -2.32. The standard InChI is InChI=1S/C12H16N2OS/c1-4-9-5-6-10(16-9)11(15)14-8-12(2,3)7-13/h5-6H,4,8H2,1-3H3,(H,14,15). The second kappa shape index (κ2) is 5.13. The van der Waals surface area contributed by atoms with Gasteiger partial charge in [-0.25, -0.2) is 0 Å². The van der Waals surface area contributed by atoms with Gasteiger partial charge >= 0.3 is 0 Å². The Bertz CT molecular complexity index is 415. The van der Waals surface area contributed by atoms with E-state index in [1.165, 1.54) is 16.2 Å². The van der Waals surface area contributed by atoms with Crippen molar-refractivity contribution >= 4 is 17.2 Å². The summed E-state index contributed by atoms with van der Waals surface area (Å²) in [4.78, 5) is 13.6. The number of carbonyl (C=O) groups is 1. The van der Waals surface area contributed by atoms with Crippen LogP contribution in [-0.2, 0) is 6.42 Å². The molecule has 1 rings (SSSR count). The van der Waals surface area contributed by atoms with E-state index in [0.717, 1.165) is 6.42 Å². The van der Waals surface area contributed by atoms with E-state index in [0.29, 0.717) is 11.4 Å². The molecule has 0 unspecified atom stereocenters. The maximum absolute atomic E-state index is 11.7. The van der Waals surface area contributed by atoms with Crippen LogP contribution in [0.3, 0.4) is 0 Å². The van der Waals surface area contributed by atoms with Gasteiger partial charge in [0.2, 0.25) is 0 Å². The summed E-state index contributed by atoms with van der Waals surface area (Å²) in [5.41, 5.74) is -0.513. The number of carbonyl (C=O) groups excluding carboxylic acids is 1. The molecule has 16 heavy (non-hydrogen) atoms. The highest BCUT2D eigenvalue weighted by Gasteiger charge is 2.18. The van der Waals surface area contributed by atoms with Gasteiger partial charge < -0.3 is 5.32 Å². The van der Waals surface area contributed by atoms with Crippen LogP contribution in [0.15, 0.2) is 12.1 Å². The minimum atomic E-state index is -0.513. The van der Waals surface area contributed by atoms with E-state index in [4.69, 9.17) is 5.26 Å². The lowest BCUT2D eigenvalue weighted by Gasteiger charge is -2.15. The second-order valence-corrected chi connectivity index (χ2v) is 5.47. The number of amides is 1. The number of hydrogen-bond donors (Lipinski definition) is 1. The van der Waals surface area contributed by atoms with Gasteiger partial charge in [-0.3, -0.25) is 4.79 Å². The van der Waals surface area contributed by atoms with Crippen molar-refractivity contribution in [3.63, 3.8) is 0 Å². The lowest BCUT2D eigenvalue weighted by molar-refractivity contribution is 0.0948. The Kier molecular flexibility index (Phi) is 4.08. The molecule has 0 aliphatic heterocycles. The predicted molar refractivity (Wildman–Crippen MR) is 65.4 cm³/mol. The summed E-state index contributed by atoms with van der Waals surface area (Å²) in [5.74, 6) is -0.0898. The Balaban J connectivity index is 2.57. The molecule has 0 bridgehead atoms. The Morgan fingerprint density at radius 2 is 2.25 bits per heavy atom. The molecule has 4 heteroatoms. The van der Waals surface area contributed by atoms with E-state index in [1.54, 1.807) is 13.8 Å². The summed E-state index contributed by atoms with van der Waals surface area (Å²) in [6.07, 6.45) is 0.946. The SMILES string of the molecule is CCc1ccc(C(=O)NCC(C)(C)C#N)s1. The van der Waals surface area contributed by atoms with E-state index in [-0.39, 0.29) is 5.91 Å². The molecule has 3 nitrogen and oxygen atoms in total. The summed E-state index contributed by atoms with van der Waals surface area (Å²) < 4.78 is 0. The number of aryl methyl sites for hydroxylation is 1. The van der Waals surface area contributed by atoms with Crippen LogP contribution in [0, 0.1) is 16.7 Å². The molecule has 1 aromatic rings. The van der Waals surface area contributed by atoms with E-state index in [9.17, 15) is 4.79 Å². The van der Waals surface area contributed by atoms with Gasteiger partial charge in [-0.15, -0.1) is 11.3 Å². The molecular weight excluding hydrogens is 220 g/mol. The average Bonchev–Trinajstić information content (AvgIpc) is 2.74. The van der Waals surface area contributed by atoms with Gasteiger partial charge in [-0.05, 0) is 32.4 Å². The van der Waals surface area contributed by atoms with Crippen molar-refractivity contribution in [1.82, 2.24) is 5.32 Å². The van der Waals surface area contributed by atoms with Gasteiger partial charge in [-0.1, -0.05) is 6.92 Å². The third-order valence-corrected chi connectivity index (χ3v) is 3.46. The normalized spacial score (nSPS) is 10.9. The zero-order valence-corrected chi connectivity index (χ0v) is 10.6. The number of nitrogens with zero attached hydrogens (tertiary/aromatic N) is 1. The van der Waals surface area contributed by atoms with Gasteiger partial charge in [0.15, 0.2) is 0 Å². The van der Waals surface area contributed by atoms with Crippen molar-refractivity contribution in [3.8, 4) is 6.07 Å². The summed E-state index contributed by atoms with van der Waals surface area (Å²) in [5, 5.41) is 11.6. The Morgan fingerprint density at radius 3 is 2.75 bits per heavy atom. The molecular formula is C12H16N2OS.